The van der Waals surface area contributed by atoms with E-state index in [4.69, 9.17) is 10.5 Å². The molecule has 0 aliphatic heterocycles. The Morgan fingerprint density at radius 3 is 2.00 bits per heavy atom. The van der Waals surface area contributed by atoms with Gasteiger partial charge in [0.1, 0.15) is 36.0 Å². The summed E-state index contributed by atoms with van der Waals surface area (Å²) in [5.74, 6) is 0.323. The summed E-state index contributed by atoms with van der Waals surface area (Å²) < 4.78 is 11.3. The molecular formula is C8H11N2OS+. The molecule has 0 aromatic carbocycles. The summed E-state index contributed by atoms with van der Waals surface area (Å²) in [6.45, 7) is 1.66. The lowest BCUT2D eigenvalue weighted by molar-refractivity contribution is 0.592. The summed E-state index contributed by atoms with van der Waals surface area (Å²) in [6.07, 6.45) is 3.23. The van der Waals surface area contributed by atoms with Gasteiger partial charge in [0.15, 0.2) is 0 Å². The third-order valence-corrected chi connectivity index (χ3v) is 2.34. The average Bonchev–Trinajstić information content (AvgIpc) is 1.85. The summed E-state index contributed by atoms with van der Waals surface area (Å²) in [6, 6.07) is 3.53. The number of nitriles is 2. The Kier molecular flexibility index (Phi) is 3.66. The van der Waals surface area contributed by atoms with E-state index in [9.17, 15) is 4.21 Å². The predicted molar refractivity (Wildman–Crippen MR) is 48.7 cm³/mol. The molecule has 0 saturated heterocycles. The van der Waals surface area contributed by atoms with Gasteiger partial charge in [0, 0.05) is 5.57 Å². The third-order valence-electron chi connectivity index (χ3n) is 1.21. The van der Waals surface area contributed by atoms with Crippen molar-refractivity contribution < 1.29 is 4.21 Å². The zero-order valence-electron chi connectivity index (χ0n) is 7.42. The highest BCUT2D eigenvalue weighted by Gasteiger charge is 2.15. The number of allylic oxidation sites excluding steroid dienone is 1. The van der Waals surface area contributed by atoms with Crippen molar-refractivity contribution in [1.82, 2.24) is 0 Å². The monoisotopic (exact) mass is 183 g/mol. The van der Waals surface area contributed by atoms with Crippen molar-refractivity contribution >= 4 is 9.93 Å². The van der Waals surface area contributed by atoms with Gasteiger partial charge in [-0.25, -0.2) is 0 Å². The first-order valence-electron chi connectivity index (χ1n) is 3.32. The average molecular weight is 183 g/mol. The Balaban J connectivity index is 4.75. The molecule has 0 aromatic rings. The van der Waals surface area contributed by atoms with Crippen LogP contribution in [0.25, 0.3) is 0 Å². The molecule has 0 spiro atoms. The van der Waals surface area contributed by atoms with Gasteiger partial charge in [0.05, 0.1) is 9.93 Å². The zero-order chi connectivity index (χ0) is 9.78. The van der Waals surface area contributed by atoms with Crippen molar-refractivity contribution in [3.63, 3.8) is 0 Å². The van der Waals surface area contributed by atoms with Gasteiger partial charge in [-0.05, 0) is 6.92 Å². The Bertz CT molecular complexity index is 308. The SMILES string of the molecule is CC(C[S+](C)(C)=O)=C(C#N)C#N. The van der Waals surface area contributed by atoms with Crippen LogP contribution in [0, 0.1) is 22.7 Å². The standard InChI is InChI=1S/C8H11N2OS/c1-7(6-12(2,3)11)8(4-9)5-10/h6H2,1-3H3/q+1. The number of nitrogens with zero attached hydrogens (tertiary/aromatic N) is 2. The fraction of sp³-hybridized carbons (Fsp3) is 0.500. The van der Waals surface area contributed by atoms with E-state index in [-0.39, 0.29) is 5.57 Å². The maximum absolute atomic E-state index is 11.3. The van der Waals surface area contributed by atoms with Crippen molar-refractivity contribution in [2.24, 2.45) is 0 Å². The minimum absolute atomic E-state index is 0.0754. The summed E-state index contributed by atoms with van der Waals surface area (Å²) in [7, 11) is -1.90. The van der Waals surface area contributed by atoms with E-state index in [2.05, 4.69) is 0 Å². The Hall–Kier alpha value is -1.13. The van der Waals surface area contributed by atoms with E-state index >= 15 is 0 Å². The quantitative estimate of drug-likeness (QED) is 0.476. The molecule has 0 rings (SSSR count). The van der Waals surface area contributed by atoms with E-state index in [0.717, 1.165) is 0 Å². The molecule has 0 aromatic heterocycles. The minimum Gasteiger partial charge on any atom is -0.192 e. The third kappa shape index (κ3) is 3.90. The van der Waals surface area contributed by atoms with E-state index in [1.165, 1.54) is 0 Å². The predicted octanol–water partition coefficient (Wildman–Crippen LogP) is 1.11. The first-order valence-corrected chi connectivity index (χ1v) is 5.87. The first-order chi connectivity index (χ1) is 5.40. The van der Waals surface area contributed by atoms with Crippen LogP contribution in [-0.4, -0.2) is 18.3 Å². The van der Waals surface area contributed by atoms with Crippen molar-refractivity contribution in [3.05, 3.63) is 11.1 Å². The lowest BCUT2D eigenvalue weighted by Gasteiger charge is -2.00. The van der Waals surface area contributed by atoms with Gasteiger partial charge in [-0.2, -0.15) is 10.5 Å². The van der Waals surface area contributed by atoms with Gasteiger partial charge >= 0.3 is 0 Å². The van der Waals surface area contributed by atoms with E-state index < -0.39 is 9.93 Å². The lowest BCUT2D eigenvalue weighted by atomic mass is 10.2. The highest BCUT2D eigenvalue weighted by atomic mass is 32.2. The highest BCUT2D eigenvalue weighted by Crippen LogP contribution is 2.07. The number of hydrogen-bond donors (Lipinski definition) is 0. The second-order valence-electron chi connectivity index (χ2n) is 2.96. The smallest absolute Gasteiger partial charge is 0.134 e. The number of rotatable bonds is 2. The fourth-order valence-corrected chi connectivity index (χ4v) is 2.00. The molecule has 0 aliphatic rings. The van der Waals surface area contributed by atoms with Gasteiger partial charge < -0.3 is 0 Å². The van der Waals surface area contributed by atoms with Crippen LogP contribution in [0.15, 0.2) is 11.1 Å². The van der Waals surface area contributed by atoms with Gasteiger partial charge in [-0.15, -0.1) is 4.21 Å². The molecule has 0 saturated carbocycles. The van der Waals surface area contributed by atoms with Crippen molar-refractivity contribution in [1.29, 1.82) is 10.5 Å². The van der Waals surface area contributed by atoms with Crippen molar-refractivity contribution in [2.75, 3.05) is 18.3 Å². The number of hydrogen-bond acceptors (Lipinski definition) is 3. The van der Waals surface area contributed by atoms with Crippen LogP contribution in [0.3, 0.4) is 0 Å². The summed E-state index contributed by atoms with van der Waals surface area (Å²) in [5.41, 5.74) is 0.682. The summed E-state index contributed by atoms with van der Waals surface area (Å²) in [4.78, 5) is 0. The molecule has 0 amide bonds. The highest BCUT2D eigenvalue weighted by molar-refractivity contribution is 8.01. The van der Waals surface area contributed by atoms with Gasteiger partial charge in [0.25, 0.3) is 0 Å². The minimum atomic E-state index is -1.90. The second kappa shape index (κ2) is 4.04. The van der Waals surface area contributed by atoms with Crippen LogP contribution < -0.4 is 0 Å². The van der Waals surface area contributed by atoms with Crippen molar-refractivity contribution in [3.8, 4) is 12.1 Å². The fourth-order valence-electron chi connectivity index (χ4n) is 0.809. The van der Waals surface area contributed by atoms with Crippen LogP contribution in [0.2, 0.25) is 0 Å². The molecule has 4 heteroatoms. The van der Waals surface area contributed by atoms with E-state index in [0.29, 0.717) is 11.3 Å². The second-order valence-corrected chi connectivity index (χ2v) is 6.12. The molecule has 0 bridgehead atoms. The topological polar surface area (TPSA) is 64.7 Å². The summed E-state index contributed by atoms with van der Waals surface area (Å²) in [5, 5.41) is 16.9. The first kappa shape index (κ1) is 10.9. The molecule has 12 heavy (non-hydrogen) atoms. The molecule has 0 unspecified atom stereocenters. The zero-order valence-corrected chi connectivity index (χ0v) is 8.23. The van der Waals surface area contributed by atoms with Crippen LogP contribution in [0.1, 0.15) is 6.92 Å². The molecule has 64 valence electrons. The molecule has 0 N–H and O–H groups in total. The van der Waals surface area contributed by atoms with Gasteiger partial charge in [-0.1, -0.05) is 0 Å². The molecule has 3 nitrogen and oxygen atoms in total. The lowest BCUT2D eigenvalue weighted by Crippen LogP contribution is -2.12. The van der Waals surface area contributed by atoms with Crippen LogP contribution >= 0.6 is 0 Å². The van der Waals surface area contributed by atoms with Gasteiger partial charge in [-0.3, -0.25) is 0 Å². The molecule has 0 atom stereocenters. The molecule has 0 radical (unpaired) electrons. The molecule has 0 fully saturated rings. The largest absolute Gasteiger partial charge is 0.192 e. The molecular weight excluding hydrogens is 172 g/mol. The van der Waals surface area contributed by atoms with Crippen molar-refractivity contribution in [2.45, 2.75) is 6.92 Å². The Labute approximate surface area is 73.7 Å². The Morgan fingerprint density at radius 1 is 1.33 bits per heavy atom. The molecule has 0 heterocycles. The maximum atomic E-state index is 11.3. The van der Waals surface area contributed by atoms with E-state index in [1.807, 2.05) is 0 Å². The van der Waals surface area contributed by atoms with Gasteiger partial charge in [0.2, 0.25) is 0 Å². The van der Waals surface area contributed by atoms with Crippen LogP contribution in [-0.2, 0) is 14.1 Å². The summed E-state index contributed by atoms with van der Waals surface area (Å²) >= 11 is 0. The van der Waals surface area contributed by atoms with Crippen LogP contribution in [0.4, 0.5) is 0 Å². The normalized spacial score (nSPS) is 9.75. The Morgan fingerprint density at radius 2 is 1.75 bits per heavy atom. The maximum Gasteiger partial charge on any atom is 0.134 e. The van der Waals surface area contributed by atoms with E-state index in [1.54, 1.807) is 31.6 Å². The van der Waals surface area contributed by atoms with Crippen LogP contribution in [0.5, 0.6) is 0 Å². The molecule has 0 aliphatic carbocycles.